The second kappa shape index (κ2) is 10.4. The van der Waals surface area contributed by atoms with E-state index in [2.05, 4.69) is 15.3 Å². The molecule has 1 saturated heterocycles. The SMILES string of the molecule is CC(=O)N[C@H](CC(=O)N(Cc1nc2ccccc2c(=O)[nH]1)C[C@@H]1CCCO1)c1ccccc1. The van der Waals surface area contributed by atoms with Crippen LogP contribution < -0.4 is 10.9 Å². The lowest BCUT2D eigenvalue weighted by Gasteiger charge is -2.27. The zero-order valence-electron chi connectivity index (χ0n) is 18.6. The van der Waals surface area contributed by atoms with E-state index in [1.165, 1.54) is 6.92 Å². The molecule has 2 N–H and O–H groups in total. The Morgan fingerprint density at radius 2 is 1.94 bits per heavy atom. The Balaban J connectivity index is 1.58. The van der Waals surface area contributed by atoms with Gasteiger partial charge in [0.25, 0.3) is 5.56 Å². The minimum atomic E-state index is -0.452. The molecule has 172 valence electrons. The molecule has 0 unspecified atom stereocenters. The standard InChI is InChI=1S/C25H28N4O4/c1-17(30)26-22(18-8-3-2-4-9-18)14-24(31)29(15-19-10-7-13-33-19)16-23-27-21-12-6-5-11-20(21)25(32)28-23/h2-6,8-9,11-12,19,22H,7,10,13-16H2,1H3,(H,26,30)(H,27,28,32)/t19-,22+/m0/s1. The Morgan fingerprint density at radius 1 is 1.18 bits per heavy atom. The first-order valence-corrected chi connectivity index (χ1v) is 11.2. The van der Waals surface area contributed by atoms with E-state index in [4.69, 9.17) is 4.74 Å². The number of benzene rings is 2. The highest BCUT2D eigenvalue weighted by Gasteiger charge is 2.26. The van der Waals surface area contributed by atoms with Crippen LogP contribution in [0.25, 0.3) is 10.9 Å². The highest BCUT2D eigenvalue weighted by molar-refractivity contribution is 5.80. The molecule has 2 amide bonds. The van der Waals surface area contributed by atoms with Crippen molar-refractivity contribution in [3.8, 4) is 0 Å². The predicted molar refractivity (Wildman–Crippen MR) is 124 cm³/mol. The van der Waals surface area contributed by atoms with Gasteiger partial charge >= 0.3 is 0 Å². The molecule has 0 radical (unpaired) electrons. The van der Waals surface area contributed by atoms with Crippen LogP contribution in [0.1, 0.15) is 43.6 Å². The first-order chi connectivity index (χ1) is 16.0. The van der Waals surface area contributed by atoms with E-state index in [0.717, 1.165) is 18.4 Å². The summed E-state index contributed by atoms with van der Waals surface area (Å²) in [4.78, 5) is 46.8. The summed E-state index contributed by atoms with van der Waals surface area (Å²) >= 11 is 0. The van der Waals surface area contributed by atoms with Crippen molar-refractivity contribution < 1.29 is 14.3 Å². The summed E-state index contributed by atoms with van der Waals surface area (Å²) in [6.07, 6.45) is 1.86. The maximum absolute atomic E-state index is 13.4. The quantitative estimate of drug-likeness (QED) is 0.551. The van der Waals surface area contributed by atoms with Gasteiger partial charge in [-0.3, -0.25) is 14.4 Å². The number of hydrogen-bond donors (Lipinski definition) is 2. The summed E-state index contributed by atoms with van der Waals surface area (Å²) in [6, 6.07) is 16.1. The van der Waals surface area contributed by atoms with E-state index in [9.17, 15) is 14.4 Å². The smallest absolute Gasteiger partial charge is 0.258 e. The van der Waals surface area contributed by atoms with Crippen LogP contribution in [-0.2, 0) is 20.9 Å². The Hall–Kier alpha value is -3.52. The average molecular weight is 449 g/mol. The van der Waals surface area contributed by atoms with E-state index < -0.39 is 6.04 Å². The minimum absolute atomic E-state index is 0.0583. The van der Waals surface area contributed by atoms with Crippen LogP contribution in [0.4, 0.5) is 0 Å². The molecule has 8 nitrogen and oxygen atoms in total. The van der Waals surface area contributed by atoms with Crippen LogP contribution in [0.2, 0.25) is 0 Å². The van der Waals surface area contributed by atoms with Gasteiger partial charge < -0.3 is 19.9 Å². The fourth-order valence-corrected chi connectivity index (χ4v) is 4.17. The van der Waals surface area contributed by atoms with Gasteiger partial charge in [0.1, 0.15) is 5.82 Å². The first kappa shape index (κ1) is 22.7. The number of nitrogens with one attached hydrogen (secondary N) is 2. The average Bonchev–Trinajstić information content (AvgIpc) is 3.32. The lowest BCUT2D eigenvalue weighted by atomic mass is 10.0. The number of ether oxygens (including phenoxy) is 1. The second-order valence-electron chi connectivity index (χ2n) is 8.31. The predicted octanol–water partition coefficient (Wildman–Crippen LogP) is 2.70. The van der Waals surface area contributed by atoms with Gasteiger partial charge in [0.15, 0.2) is 0 Å². The molecular formula is C25H28N4O4. The summed E-state index contributed by atoms with van der Waals surface area (Å²) in [5.41, 5.74) is 1.21. The summed E-state index contributed by atoms with van der Waals surface area (Å²) in [6.45, 7) is 2.67. The minimum Gasteiger partial charge on any atom is -0.376 e. The van der Waals surface area contributed by atoms with Crippen molar-refractivity contribution in [1.82, 2.24) is 20.2 Å². The largest absolute Gasteiger partial charge is 0.376 e. The van der Waals surface area contributed by atoms with Gasteiger partial charge in [-0.25, -0.2) is 4.98 Å². The zero-order chi connectivity index (χ0) is 23.2. The first-order valence-electron chi connectivity index (χ1n) is 11.2. The molecule has 1 aliphatic heterocycles. The number of aromatic amines is 1. The molecule has 0 saturated carbocycles. The molecule has 3 aromatic rings. The maximum atomic E-state index is 13.4. The van der Waals surface area contributed by atoms with Gasteiger partial charge in [-0.05, 0) is 30.5 Å². The van der Waals surface area contributed by atoms with E-state index in [0.29, 0.717) is 29.9 Å². The van der Waals surface area contributed by atoms with Gasteiger partial charge in [0, 0.05) is 20.1 Å². The second-order valence-corrected chi connectivity index (χ2v) is 8.31. The number of rotatable bonds is 8. The highest BCUT2D eigenvalue weighted by Crippen LogP contribution is 2.21. The van der Waals surface area contributed by atoms with Crippen molar-refractivity contribution >= 4 is 22.7 Å². The van der Waals surface area contributed by atoms with E-state index in [1.54, 1.807) is 23.1 Å². The fourth-order valence-electron chi connectivity index (χ4n) is 4.17. The molecule has 1 fully saturated rings. The third kappa shape index (κ3) is 5.84. The topological polar surface area (TPSA) is 104 Å². The Bertz CT molecular complexity index is 1170. The third-order valence-electron chi connectivity index (χ3n) is 5.76. The molecule has 0 aliphatic carbocycles. The van der Waals surface area contributed by atoms with Gasteiger partial charge in [-0.2, -0.15) is 0 Å². The number of carbonyl (C=O) groups excluding carboxylic acids is 2. The molecule has 2 aromatic carbocycles. The Morgan fingerprint density at radius 3 is 2.67 bits per heavy atom. The lowest BCUT2D eigenvalue weighted by molar-refractivity contribution is -0.134. The van der Waals surface area contributed by atoms with Crippen LogP contribution in [0, 0.1) is 0 Å². The van der Waals surface area contributed by atoms with E-state index in [1.807, 2.05) is 36.4 Å². The molecule has 1 aliphatic rings. The number of fused-ring (bicyclic) bond motifs is 1. The normalized spacial score (nSPS) is 16.5. The number of nitrogens with zero attached hydrogens (tertiary/aromatic N) is 2. The van der Waals surface area contributed by atoms with Crippen LogP contribution in [-0.4, -0.2) is 45.9 Å². The van der Waals surface area contributed by atoms with Crippen LogP contribution in [0.5, 0.6) is 0 Å². The molecule has 4 rings (SSSR count). The number of aromatic nitrogens is 2. The van der Waals surface area contributed by atoms with Gasteiger partial charge in [-0.15, -0.1) is 0 Å². The number of H-pyrrole nitrogens is 1. The molecule has 0 spiro atoms. The van der Waals surface area contributed by atoms with Crippen LogP contribution in [0.3, 0.4) is 0 Å². The number of para-hydroxylation sites is 1. The highest BCUT2D eigenvalue weighted by atomic mass is 16.5. The van der Waals surface area contributed by atoms with Crippen LogP contribution in [0.15, 0.2) is 59.4 Å². The zero-order valence-corrected chi connectivity index (χ0v) is 18.6. The number of amides is 2. The van der Waals surface area contributed by atoms with Crippen molar-refractivity contribution in [2.75, 3.05) is 13.2 Å². The van der Waals surface area contributed by atoms with Crippen molar-refractivity contribution in [1.29, 1.82) is 0 Å². The van der Waals surface area contributed by atoms with Gasteiger partial charge in [0.05, 0.1) is 36.0 Å². The monoisotopic (exact) mass is 448 g/mol. The number of hydrogen-bond acceptors (Lipinski definition) is 5. The van der Waals surface area contributed by atoms with E-state index in [-0.39, 0.29) is 36.4 Å². The van der Waals surface area contributed by atoms with Crippen molar-refractivity contribution in [3.05, 3.63) is 76.3 Å². The van der Waals surface area contributed by atoms with Gasteiger partial charge in [0.2, 0.25) is 11.8 Å². The molecule has 1 aromatic heterocycles. The Kier molecular flexibility index (Phi) is 7.14. The fraction of sp³-hybridized carbons (Fsp3) is 0.360. The molecule has 8 heteroatoms. The Labute approximate surface area is 192 Å². The molecular weight excluding hydrogens is 420 g/mol. The maximum Gasteiger partial charge on any atom is 0.258 e. The molecule has 2 heterocycles. The van der Waals surface area contributed by atoms with Crippen molar-refractivity contribution in [3.63, 3.8) is 0 Å². The lowest BCUT2D eigenvalue weighted by Crippen LogP contribution is -2.40. The van der Waals surface area contributed by atoms with Gasteiger partial charge in [-0.1, -0.05) is 42.5 Å². The molecule has 33 heavy (non-hydrogen) atoms. The van der Waals surface area contributed by atoms with Crippen molar-refractivity contribution in [2.24, 2.45) is 0 Å². The summed E-state index contributed by atoms with van der Waals surface area (Å²) in [5.74, 6) is 0.0626. The van der Waals surface area contributed by atoms with E-state index >= 15 is 0 Å². The summed E-state index contributed by atoms with van der Waals surface area (Å²) < 4.78 is 5.76. The van der Waals surface area contributed by atoms with Crippen molar-refractivity contribution in [2.45, 2.75) is 44.9 Å². The molecule has 2 atom stereocenters. The summed E-state index contributed by atoms with van der Waals surface area (Å²) in [5, 5.41) is 3.39. The third-order valence-corrected chi connectivity index (χ3v) is 5.76. The number of carbonyl (C=O) groups is 2. The summed E-state index contributed by atoms with van der Waals surface area (Å²) in [7, 11) is 0. The molecule has 0 bridgehead atoms. The van der Waals surface area contributed by atoms with Crippen LogP contribution >= 0.6 is 0 Å².